The molecule has 0 amide bonds. The van der Waals surface area contributed by atoms with Gasteiger partial charge in [-0.15, -0.1) is 0 Å². The van der Waals surface area contributed by atoms with Crippen molar-refractivity contribution < 1.29 is 5.11 Å². The number of hydrogen-bond donors (Lipinski definition) is 1. The van der Waals surface area contributed by atoms with Gasteiger partial charge in [-0.3, -0.25) is 0 Å². The summed E-state index contributed by atoms with van der Waals surface area (Å²) in [5.41, 5.74) is 6.12. The third-order valence-electron chi connectivity index (χ3n) is 9.70. The smallest absolute Gasteiger partial charge is 0.0594 e. The summed E-state index contributed by atoms with van der Waals surface area (Å²) in [5.74, 6) is 1.50. The lowest BCUT2D eigenvalue weighted by Crippen LogP contribution is -2.53. The van der Waals surface area contributed by atoms with Crippen LogP contribution in [0.2, 0.25) is 0 Å². The number of fused-ring (bicyclic) bond motifs is 4. The van der Waals surface area contributed by atoms with Crippen LogP contribution in [0.25, 0.3) is 0 Å². The lowest BCUT2D eigenvalue weighted by Gasteiger charge is -2.59. The van der Waals surface area contributed by atoms with Gasteiger partial charge in [0.15, 0.2) is 0 Å². The average molecular weight is 497 g/mol. The van der Waals surface area contributed by atoms with Crippen molar-refractivity contribution in [2.75, 3.05) is 0 Å². The van der Waals surface area contributed by atoms with Crippen LogP contribution in [0.1, 0.15) is 98.8 Å². The molecule has 6 atom stereocenters. The molecular formula is C26H41IO. The highest BCUT2D eigenvalue weighted by Crippen LogP contribution is 2.66. The van der Waals surface area contributed by atoms with Crippen molar-refractivity contribution in [1.82, 2.24) is 0 Å². The summed E-state index contributed by atoms with van der Waals surface area (Å²) >= 11 is 2.58. The molecule has 0 radical (unpaired) electrons. The third kappa shape index (κ3) is 3.18. The summed E-state index contributed by atoms with van der Waals surface area (Å²) in [6, 6.07) is 0. The molecule has 1 saturated carbocycles. The zero-order valence-corrected chi connectivity index (χ0v) is 20.9. The number of rotatable bonds is 4. The standard InChI is InChI=1S/C26H41IO/c1-17(27)7-6-8-18-9-11-20-19-10-12-22-24(2,3)23(28)14-16-26(22,5)21(19)13-15-25(18,20)4/h11,17-18,22-23,28H,6-10,12-16H2,1-5H3/t17?,18-,22?,23-,25+,26+/m0/s1. The lowest BCUT2D eigenvalue weighted by atomic mass is 9.46. The second kappa shape index (κ2) is 7.39. The molecule has 0 heterocycles. The predicted molar refractivity (Wildman–Crippen MR) is 128 cm³/mol. The summed E-state index contributed by atoms with van der Waals surface area (Å²) in [6.45, 7) is 12.2. The van der Waals surface area contributed by atoms with Crippen LogP contribution >= 0.6 is 22.6 Å². The number of aliphatic hydroxyl groups is 1. The Bertz CT molecular complexity index is 687. The second-order valence-electron chi connectivity index (χ2n) is 11.5. The maximum atomic E-state index is 10.7. The van der Waals surface area contributed by atoms with Gasteiger partial charge in [0.05, 0.1) is 6.10 Å². The van der Waals surface area contributed by atoms with Gasteiger partial charge in [0, 0.05) is 3.92 Å². The average Bonchev–Trinajstić information content (AvgIpc) is 2.95. The summed E-state index contributed by atoms with van der Waals surface area (Å²) < 4.78 is 0.806. The van der Waals surface area contributed by atoms with E-state index in [-0.39, 0.29) is 11.5 Å². The minimum atomic E-state index is -0.128. The Labute approximate surface area is 187 Å². The zero-order valence-electron chi connectivity index (χ0n) is 18.8. The Morgan fingerprint density at radius 2 is 1.86 bits per heavy atom. The van der Waals surface area contributed by atoms with Crippen LogP contribution in [0.3, 0.4) is 0 Å². The van der Waals surface area contributed by atoms with Gasteiger partial charge in [-0.2, -0.15) is 0 Å². The first-order valence-corrected chi connectivity index (χ1v) is 13.1. The van der Waals surface area contributed by atoms with Crippen LogP contribution in [0.5, 0.6) is 0 Å². The molecule has 0 saturated heterocycles. The molecule has 2 unspecified atom stereocenters. The van der Waals surface area contributed by atoms with E-state index in [1.54, 1.807) is 16.7 Å². The second-order valence-corrected chi connectivity index (χ2v) is 13.6. The molecule has 0 aromatic rings. The zero-order chi connectivity index (χ0) is 20.3. The van der Waals surface area contributed by atoms with Crippen molar-refractivity contribution in [3.63, 3.8) is 0 Å². The first-order valence-electron chi connectivity index (χ1n) is 11.9. The van der Waals surface area contributed by atoms with E-state index in [1.807, 2.05) is 0 Å². The fourth-order valence-electron chi connectivity index (χ4n) is 7.85. The molecule has 0 aromatic heterocycles. The maximum Gasteiger partial charge on any atom is 0.0594 e. The van der Waals surface area contributed by atoms with Gasteiger partial charge in [0.25, 0.3) is 0 Å². The number of alkyl halides is 1. The van der Waals surface area contributed by atoms with Crippen molar-refractivity contribution in [3.8, 4) is 0 Å². The van der Waals surface area contributed by atoms with Crippen LogP contribution in [0.4, 0.5) is 0 Å². The van der Waals surface area contributed by atoms with E-state index in [9.17, 15) is 5.11 Å². The number of hydrogen-bond acceptors (Lipinski definition) is 1. The van der Waals surface area contributed by atoms with Crippen molar-refractivity contribution >= 4 is 22.6 Å². The summed E-state index contributed by atoms with van der Waals surface area (Å²) in [7, 11) is 0. The number of allylic oxidation sites excluding steroid dienone is 4. The maximum absolute atomic E-state index is 10.7. The molecule has 1 nitrogen and oxygen atoms in total. The quantitative estimate of drug-likeness (QED) is 0.314. The highest BCUT2D eigenvalue weighted by molar-refractivity contribution is 14.1. The molecular weight excluding hydrogens is 455 g/mol. The lowest BCUT2D eigenvalue weighted by molar-refractivity contribution is -0.0904. The highest BCUT2D eigenvalue weighted by atomic mass is 127. The fourth-order valence-corrected chi connectivity index (χ4v) is 8.29. The first-order chi connectivity index (χ1) is 13.1. The Hall–Kier alpha value is 0.170. The molecule has 2 heteroatoms. The van der Waals surface area contributed by atoms with Crippen LogP contribution in [0, 0.1) is 28.1 Å². The van der Waals surface area contributed by atoms with E-state index < -0.39 is 0 Å². The third-order valence-corrected chi connectivity index (χ3v) is 10.3. The molecule has 28 heavy (non-hydrogen) atoms. The highest BCUT2D eigenvalue weighted by Gasteiger charge is 2.56. The van der Waals surface area contributed by atoms with Gasteiger partial charge in [-0.1, -0.05) is 75.3 Å². The molecule has 158 valence electrons. The Morgan fingerprint density at radius 3 is 2.57 bits per heavy atom. The Balaban J connectivity index is 1.61. The molecule has 4 aliphatic rings. The topological polar surface area (TPSA) is 20.2 Å². The van der Waals surface area contributed by atoms with Gasteiger partial charge in [-0.05, 0) is 97.0 Å². The van der Waals surface area contributed by atoms with Crippen molar-refractivity contribution in [1.29, 1.82) is 0 Å². The Kier molecular flexibility index (Phi) is 5.65. The molecule has 0 aromatic carbocycles. The summed E-state index contributed by atoms with van der Waals surface area (Å²) in [4.78, 5) is 0. The normalized spacial score (nSPS) is 43.1. The minimum Gasteiger partial charge on any atom is -0.393 e. The van der Waals surface area contributed by atoms with E-state index in [2.05, 4.69) is 63.3 Å². The molecule has 4 rings (SSSR count). The first kappa shape index (κ1) is 21.4. The van der Waals surface area contributed by atoms with Crippen molar-refractivity contribution in [2.24, 2.45) is 28.1 Å². The van der Waals surface area contributed by atoms with Crippen LogP contribution in [0.15, 0.2) is 22.8 Å². The van der Waals surface area contributed by atoms with Crippen molar-refractivity contribution in [3.05, 3.63) is 22.8 Å². The Morgan fingerprint density at radius 1 is 1.11 bits per heavy atom. The summed E-state index contributed by atoms with van der Waals surface area (Å²) in [5, 5.41) is 10.7. The minimum absolute atomic E-state index is 0.0506. The van der Waals surface area contributed by atoms with Crippen LogP contribution in [-0.4, -0.2) is 15.1 Å². The van der Waals surface area contributed by atoms with Gasteiger partial charge in [0.1, 0.15) is 0 Å². The van der Waals surface area contributed by atoms with E-state index in [0.29, 0.717) is 16.7 Å². The van der Waals surface area contributed by atoms with E-state index in [0.717, 1.165) is 16.3 Å². The van der Waals surface area contributed by atoms with Gasteiger partial charge < -0.3 is 5.11 Å². The van der Waals surface area contributed by atoms with Crippen LogP contribution in [-0.2, 0) is 0 Å². The molecule has 0 bridgehead atoms. The fraction of sp³-hybridized carbons (Fsp3) is 0.846. The van der Waals surface area contributed by atoms with Gasteiger partial charge in [-0.25, -0.2) is 0 Å². The number of aliphatic hydroxyl groups excluding tert-OH is 1. The largest absolute Gasteiger partial charge is 0.393 e. The number of halogens is 1. The van der Waals surface area contributed by atoms with Crippen LogP contribution < -0.4 is 0 Å². The molecule has 1 fully saturated rings. The SMILES string of the molecule is CC(I)CCC[C@H]1CC=C2C3=C(CC[C@@]21C)[C@@]1(C)CC[C@H](O)C(C)(C)C1CC3. The predicted octanol–water partition coefficient (Wildman–Crippen LogP) is 7.62. The summed E-state index contributed by atoms with van der Waals surface area (Å²) in [6.07, 6.45) is 15.3. The monoisotopic (exact) mass is 496 g/mol. The molecule has 4 aliphatic carbocycles. The van der Waals surface area contributed by atoms with Crippen molar-refractivity contribution in [2.45, 2.75) is 109 Å². The van der Waals surface area contributed by atoms with E-state index in [1.165, 1.54) is 57.8 Å². The molecule has 1 N–H and O–H groups in total. The van der Waals surface area contributed by atoms with E-state index >= 15 is 0 Å². The van der Waals surface area contributed by atoms with Gasteiger partial charge in [0.2, 0.25) is 0 Å². The molecule has 0 aliphatic heterocycles. The van der Waals surface area contributed by atoms with Gasteiger partial charge >= 0.3 is 0 Å². The molecule has 0 spiro atoms. The van der Waals surface area contributed by atoms with E-state index in [4.69, 9.17) is 0 Å².